The fourth-order valence-electron chi connectivity index (χ4n) is 2.44. The van der Waals surface area contributed by atoms with Crippen LogP contribution in [0.3, 0.4) is 0 Å². The van der Waals surface area contributed by atoms with Crippen LogP contribution >= 0.6 is 0 Å². The predicted molar refractivity (Wildman–Crippen MR) is 120 cm³/mol. The Balaban J connectivity index is 0.000000296. The van der Waals surface area contributed by atoms with Crippen LogP contribution in [0, 0.1) is 11.8 Å². The van der Waals surface area contributed by atoms with Gasteiger partial charge in [-0.25, -0.2) is 0 Å². The molecule has 0 aromatic heterocycles. The second-order valence-corrected chi connectivity index (χ2v) is 7.68. The summed E-state index contributed by atoms with van der Waals surface area (Å²) in [6.45, 7) is 12.0. The average molecular weight is 403 g/mol. The van der Waals surface area contributed by atoms with E-state index in [2.05, 4.69) is 20.8 Å². The lowest BCUT2D eigenvalue weighted by molar-refractivity contribution is 0.0280. The summed E-state index contributed by atoms with van der Waals surface area (Å²) in [7, 11) is 0. The first kappa shape index (κ1) is 25.0. The fraction of sp³-hybridized carbons (Fsp3) is 0.520. The number of rotatable bonds is 11. The monoisotopic (exact) mass is 402 g/mol. The molecule has 0 unspecified atom stereocenters. The highest BCUT2D eigenvalue weighted by Crippen LogP contribution is 2.16. The van der Waals surface area contributed by atoms with E-state index in [4.69, 9.17) is 19.3 Å². The molecule has 0 saturated heterocycles. The lowest BCUT2D eigenvalue weighted by Gasteiger charge is -2.22. The van der Waals surface area contributed by atoms with E-state index in [0.29, 0.717) is 18.4 Å². The second kappa shape index (κ2) is 14.9. The van der Waals surface area contributed by atoms with Crippen molar-refractivity contribution in [3.63, 3.8) is 0 Å². The molecule has 2 aromatic carbocycles. The molecular formula is C25H38O4. The van der Waals surface area contributed by atoms with E-state index in [1.807, 2.05) is 74.5 Å². The van der Waals surface area contributed by atoms with Gasteiger partial charge in [0.1, 0.15) is 23.7 Å². The zero-order valence-electron chi connectivity index (χ0n) is 18.6. The van der Waals surface area contributed by atoms with Crippen molar-refractivity contribution in [2.75, 3.05) is 19.8 Å². The molecule has 0 fully saturated rings. The van der Waals surface area contributed by atoms with Crippen molar-refractivity contribution in [2.45, 2.75) is 53.2 Å². The van der Waals surface area contributed by atoms with Crippen molar-refractivity contribution in [2.24, 2.45) is 11.8 Å². The third kappa shape index (κ3) is 10.9. The van der Waals surface area contributed by atoms with Gasteiger partial charge in [0.2, 0.25) is 0 Å². The molecule has 0 aliphatic heterocycles. The Morgan fingerprint density at radius 2 is 1.17 bits per heavy atom. The highest BCUT2D eigenvalue weighted by Gasteiger charge is 2.15. The summed E-state index contributed by atoms with van der Waals surface area (Å²) in [5.41, 5.74) is 0. The highest BCUT2D eigenvalue weighted by molar-refractivity contribution is 5.22. The van der Waals surface area contributed by atoms with E-state index in [0.717, 1.165) is 24.5 Å². The van der Waals surface area contributed by atoms with Crippen molar-refractivity contribution in [1.82, 2.24) is 0 Å². The smallest absolute Gasteiger partial charge is 0.124 e. The first-order valence-electron chi connectivity index (χ1n) is 10.6. The van der Waals surface area contributed by atoms with Gasteiger partial charge in [-0.3, -0.25) is 0 Å². The summed E-state index contributed by atoms with van der Waals surface area (Å²) in [5, 5.41) is 9.03. The predicted octanol–water partition coefficient (Wildman–Crippen LogP) is 5.60. The zero-order valence-corrected chi connectivity index (χ0v) is 18.6. The van der Waals surface area contributed by atoms with Gasteiger partial charge in [-0.1, -0.05) is 71.0 Å². The molecule has 0 saturated carbocycles. The van der Waals surface area contributed by atoms with Crippen molar-refractivity contribution in [1.29, 1.82) is 0 Å². The van der Waals surface area contributed by atoms with E-state index in [1.54, 1.807) is 0 Å². The van der Waals surface area contributed by atoms with E-state index >= 15 is 0 Å². The summed E-state index contributed by atoms with van der Waals surface area (Å²) < 4.78 is 17.0. The third-order valence-corrected chi connectivity index (χ3v) is 4.36. The van der Waals surface area contributed by atoms with Crippen LogP contribution in [0.1, 0.15) is 41.0 Å². The lowest BCUT2D eigenvalue weighted by atomic mass is 10.1. The van der Waals surface area contributed by atoms with E-state index < -0.39 is 0 Å². The first-order chi connectivity index (χ1) is 14.0. The number of para-hydroxylation sites is 2. The molecule has 0 aliphatic carbocycles. The van der Waals surface area contributed by atoms with Crippen LogP contribution in [-0.2, 0) is 4.74 Å². The largest absolute Gasteiger partial charge is 0.488 e. The second-order valence-electron chi connectivity index (χ2n) is 7.68. The van der Waals surface area contributed by atoms with E-state index in [1.165, 1.54) is 0 Å². The zero-order chi connectivity index (χ0) is 21.5. The van der Waals surface area contributed by atoms with Gasteiger partial charge < -0.3 is 19.3 Å². The molecule has 2 aromatic rings. The quantitative estimate of drug-likeness (QED) is 0.497. The Morgan fingerprint density at radius 3 is 1.55 bits per heavy atom. The van der Waals surface area contributed by atoms with Gasteiger partial charge in [-0.2, -0.15) is 0 Å². The van der Waals surface area contributed by atoms with Crippen LogP contribution in [0.25, 0.3) is 0 Å². The molecule has 2 atom stereocenters. The number of aliphatic hydroxyl groups is 1. The van der Waals surface area contributed by atoms with Gasteiger partial charge >= 0.3 is 0 Å². The molecule has 0 heterocycles. The maximum Gasteiger partial charge on any atom is 0.124 e. The molecule has 0 bridgehead atoms. The maximum absolute atomic E-state index is 9.03. The normalized spacial score (nSPS) is 12.8. The molecule has 1 N–H and O–H groups in total. The van der Waals surface area contributed by atoms with Crippen molar-refractivity contribution >= 4 is 0 Å². The Bertz CT molecular complexity index is 613. The van der Waals surface area contributed by atoms with Crippen LogP contribution < -0.4 is 9.47 Å². The van der Waals surface area contributed by atoms with Gasteiger partial charge in [-0.15, -0.1) is 0 Å². The van der Waals surface area contributed by atoms with Gasteiger partial charge in [0, 0.05) is 6.61 Å². The number of hydrogen-bond acceptors (Lipinski definition) is 4. The van der Waals surface area contributed by atoms with Crippen molar-refractivity contribution in [3.05, 3.63) is 60.7 Å². The SMILES string of the molecule is CC(C)[C@@H](CO)Oc1ccccc1.CCCOC[C@@H](Oc1ccccc1)C(C)C. The van der Waals surface area contributed by atoms with Crippen LogP contribution in [0.4, 0.5) is 0 Å². The number of aliphatic hydroxyl groups excluding tert-OH is 1. The van der Waals surface area contributed by atoms with Gasteiger partial charge in [0.05, 0.1) is 13.2 Å². The molecule has 0 aliphatic rings. The fourth-order valence-corrected chi connectivity index (χ4v) is 2.44. The summed E-state index contributed by atoms with van der Waals surface area (Å²) >= 11 is 0. The Hall–Kier alpha value is -2.04. The van der Waals surface area contributed by atoms with E-state index in [-0.39, 0.29) is 18.8 Å². The molecule has 29 heavy (non-hydrogen) atoms. The minimum absolute atomic E-state index is 0.0621. The Morgan fingerprint density at radius 1 is 0.724 bits per heavy atom. The number of benzene rings is 2. The highest BCUT2D eigenvalue weighted by atomic mass is 16.5. The Kier molecular flexibility index (Phi) is 12.8. The first-order valence-corrected chi connectivity index (χ1v) is 10.6. The molecule has 0 spiro atoms. The molecule has 162 valence electrons. The summed E-state index contributed by atoms with van der Waals surface area (Å²) in [6, 6.07) is 19.5. The maximum atomic E-state index is 9.03. The van der Waals surface area contributed by atoms with Gasteiger partial charge in [0.15, 0.2) is 0 Å². The van der Waals surface area contributed by atoms with Gasteiger partial charge in [-0.05, 0) is 42.5 Å². The topological polar surface area (TPSA) is 47.9 Å². The standard InChI is InChI=1S/C14H22O2.C11H16O2/c1-4-10-15-11-14(12(2)3)16-13-8-6-5-7-9-13;1-9(2)11(8-12)13-10-6-4-3-5-7-10/h5-9,12,14H,4,10-11H2,1-3H3;3-7,9,11-12H,8H2,1-2H3/t14-;11-/m11/s1. The molecule has 0 radical (unpaired) electrons. The van der Waals surface area contributed by atoms with Crippen LogP contribution in [-0.4, -0.2) is 37.1 Å². The molecule has 4 heteroatoms. The summed E-state index contributed by atoms with van der Waals surface area (Å²) in [5.74, 6) is 2.51. The molecular weight excluding hydrogens is 364 g/mol. The van der Waals surface area contributed by atoms with Gasteiger partial charge in [0.25, 0.3) is 0 Å². The number of ether oxygens (including phenoxy) is 3. The molecule has 4 nitrogen and oxygen atoms in total. The number of hydrogen-bond donors (Lipinski definition) is 1. The van der Waals surface area contributed by atoms with Crippen molar-refractivity contribution < 1.29 is 19.3 Å². The van der Waals surface area contributed by atoms with E-state index in [9.17, 15) is 0 Å². The minimum atomic E-state index is -0.109. The average Bonchev–Trinajstić information content (AvgIpc) is 2.73. The van der Waals surface area contributed by atoms with Crippen LogP contribution in [0.2, 0.25) is 0 Å². The van der Waals surface area contributed by atoms with Crippen LogP contribution in [0.5, 0.6) is 11.5 Å². The third-order valence-electron chi connectivity index (χ3n) is 4.36. The minimum Gasteiger partial charge on any atom is -0.488 e. The van der Waals surface area contributed by atoms with Crippen molar-refractivity contribution in [3.8, 4) is 11.5 Å². The molecule has 2 rings (SSSR count). The van der Waals surface area contributed by atoms with Crippen LogP contribution in [0.15, 0.2) is 60.7 Å². The molecule has 0 amide bonds. The Labute approximate surface area is 176 Å². The summed E-state index contributed by atoms with van der Waals surface area (Å²) in [6.07, 6.45) is 1.08. The summed E-state index contributed by atoms with van der Waals surface area (Å²) in [4.78, 5) is 0. The lowest BCUT2D eigenvalue weighted by Crippen LogP contribution is -2.28.